The number of hydrogen-bond acceptors (Lipinski definition) is 2. The fourth-order valence-electron chi connectivity index (χ4n) is 2.18. The van der Waals surface area contributed by atoms with E-state index in [0.717, 1.165) is 25.7 Å². The van der Waals surface area contributed by atoms with Crippen molar-refractivity contribution >= 4 is 27.5 Å². The Morgan fingerprint density at radius 2 is 1.65 bits per heavy atom. The summed E-state index contributed by atoms with van der Waals surface area (Å²) in [4.78, 5) is 12.2. The van der Waals surface area contributed by atoms with Gasteiger partial charge in [-0.25, -0.2) is 0 Å². The Labute approximate surface area is 137 Å². The maximum absolute atomic E-state index is 12.2. The normalized spacial score (nSPS) is 14.9. The average molecular weight is 389 g/mol. The van der Waals surface area contributed by atoms with Gasteiger partial charge in [0.05, 0.1) is 0 Å². The second-order valence-corrected chi connectivity index (χ2v) is 11.4. The van der Waals surface area contributed by atoms with E-state index < -0.39 is 21.6 Å². The first-order chi connectivity index (χ1) is 9.38. The molecule has 0 bridgehead atoms. The van der Waals surface area contributed by atoms with Crippen LogP contribution >= 0.6 is 0 Å². The van der Waals surface area contributed by atoms with Crippen molar-refractivity contribution in [3.05, 3.63) is 0 Å². The molecule has 0 aromatic carbocycles. The van der Waals surface area contributed by atoms with Crippen LogP contribution in [0.1, 0.15) is 86.5 Å². The molecule has 3 heteroatoms. The zero-order chi connectivity index (χ0) is 15.6. The zero-order valence-corrected chi connectivity index (χ0v) is 17.3. The molecule has 0 aromatic rings. The van der Waals surface area contributed by atoms with E-state index in [9.17, 15) is 4.79 Å². The summed E-state index contributed by atoms with van der Waals surface area (Å²) < 4.78 is 6.04. The first-order valence-corrected chi connectivity index (χ1v) is 11.0. The summed E-state index contributed by atoms with van der Waals surface area (Å²) >= 11 is -1.11. The van der Waals surface area contributed by atoms with Crippen molar-refractivity contribution in [1.82, 2.24) is 0 Å². The summed E-state index contributed by atoms with van der Waals surface area (Å²) in [5, 5.41) is 0. The minimum absolute atomic E-state index is 0.0864. The molecule has 0 aliphatic carbocycles. The van der Waals surface area contributed by atoms with E-state index in [1.807, 2.05) is 0 Å². The molecule has 0 aliphatic rings. The molecular weight excluding hydrogens is 355 g/mol. The van der Waals surface area contributed by atoms with Gasteiger partial charge in [0.15, 0.2) is 0 Å². The van der Waals surface area contributed by atoms with Crippen molar-refractivity contribution in [3.8, 4) is 0 Å². The van der Waals surface area contributed by atoms with Crippen LogP contribution in [0.5, 0.6) is 0 Å². The number of hydrogen-bond donors (Lipinski definition) is 0. The molecular formula is C17H34O2Sn. The fraction of sp³-hybridized carbons (Fsp3) is 0.941. The summed E-state index contributed by atoms with van der Waals surface area (Å²) in [6.45, 7) is 13.4. The quantitative estimate of drug-likeness (QED) is 0.443. The van der Waals surface area contributed by atoms with E-state index in [2.05, 4.69) is 41.5 Å². The van der Waals surface area contributed by atoms with Gasteiger partial charge in [-0.3, -0.25) is 0 Å². The topological polar surface area (TPSA) is 26.3 Å². The Morgan fingerprint density at radius 3 is 2.15 bits per heavy atom. The zero-order valence-electron chi connectivity index (χ0n) is 14.4. The Morgan fingerprint density at radius 1 is 1.10 bits per heavy atom. The van der Waals surface area contributed by atoms with Gasteiger partial charge in [0.1, 0.15) is 0 Å². The van der Waals surface area contributed by atoms with Crippen molar-refractivity contribution in [1.29, 1.82) is 0 Å². The molecule has 0 rings (SSSR count). The summed E-state index contributed by atoms with van der Waals surface area (Å²) in [6, 6.07) is 0. The number of carbonyl (C=O) groups excluding carboxylic acids is 1. The van der Waals surface area contributed by atoms with Gasteiger partial charge >= 0.3 is 137 Å². The second-order valence-electron chi connectivity index (χ2n) is 6.54. The summed E-state index contributed by atoms with van der Waals surface area (Å²) in [5.74, 6) is 0.887. The van der Waals surface area contributed by atoms with Crippen LogP contribution in [0.3, 0.4) is 0 Å². The molecule has 0 aromatic heterocycles. The molecule has 0 aliphatic heterocycles. The average Bonchev–Trinajstić information content (AvgIpc) is 2.43. The van der Waals surface area contributed by atoms with E-state index in [4.69, 9.17) is 3.07 Å². The summed E-state index contributed by atoms with van der Waals surface area (Å²) in [6.07, 6.45) is 8.00. The van der Waals surface area contributed by atoms with Gasteiger partial charge in [-0.15, -0.1) is 0 Å². The SMILES string of the molecule is CCCCC(CC)C(=O)[O][Sn][C](C)(C)C(C)CCCC. The van der Waals surface area contributed by atoms with Crippen LogP contribution in [0.2, 0.25) is 3.43 Å². The van der Waals surface area contributed by atoms with Gasteiger partial charge in [-0.2, -0.15) is 0 Å². The Hall–Kier alpha value is 0.269. The Kier molecular flexibility index (Phi) is 11.1. The number of unbranched alkanes of at least 4 members (excludes halogenated alkanes) is 2. The molecule has 2 radical (unpaired) electrons. The molecule has 2 atom stereocenters. The molecule has 0 heterocycles. The molecule has 0 fully saturated rings. The van der Waals surface area contributed by atoms with E-state index in [-0.39, 0.29) is 15.3 Å². The Bertz CT molecular complexity index is 264. The molecule has 2 unspecified atom stereocenters. The van der Waals surface area contributed by atoms with Gasteiger partial charge in [-0.05, 0) is 0 Å². The van der Waals surface area contributed by atoms with Crippen LogP contribution in [0.15, 0.2) is 0 Å². The minimum atomic E-state index is -1.11. The van der Waals surface area contributed by atoms with Crippen LogP contribution in [0.4, 0.5) is 0 Å². The molecule has 2 nitrogen and oxygen atoms in total. The van der Waals surface area contributed by atoms with Crippen LogP contribution < -0.4 is 0 Å². The molecule has 0 amide bonds. The van der Waals surface area contributed by atoms with Gasteiger partial charge in [0.25, 0.3) is 0 Å². The van der Waals surface area contributed by atoms with Crippen molar-refractivity contribution in [3.63, 3.8) is 0 Å². The van der Waals surface area contributed by atoms with E-state index >= 15 is 0 Å². The van der Waals surface area contributed by atoms with Crippen LogP contribution in [-0.4, -0.2) is 27.5 Å². The van der Waals surface area contributed by atoms with Gasteiger partial charge < -0.3 is 0 Å². The van der Waals surface area contributed by atoms with Crippen molar-refractivity contribution < 1.29 is 7.87 Å². The van der Waals surface area contributed by atoms with Gasteiger partial charge in [-0.1, -0.05) is 0 Å². The van der Waals surface area contributed by atoms with Crippen LogP contribution in [0, 0.1) is 11.8 Å². The first kappa shape index (κ1) is 20.3. The second kappa shape index (κ2) is 10.9. The summed E-state index contributed by atoms with van der Waals surface area (Å²) in [5.41, 5.74) is 0. The number of rotatable bonds is 11. The Balaban J connectivity index is 4.25. The predicted octanol–water partition coefficient (Wildman–Crippen LogP) is 5.39. The van der Waals surface area contributed by atoms with Gasteiger partial charge in [0, 0.05) is 0 Å². The number of carbonyl (C=O) groups is 1. The fourth-order valence-corrected chi connectivity index (χ4v) is 4.68. The maximum atomic E-state index is 12.2. The molecule has 0 spiro atoms. The monoisotopic (exact) mass is 390 g/mol. The third kappa shape index (κ3) is 7.89. The molecule has 20 heavy (non-hydrogen) atoms. The van der Waals surface area contributed by atoms with Crippen molar-refractivity contribution in [2.75, 3.05) is 0 Å². The van der Waals surface area contributed by atoms with Crippen LogP contribution in [0.25, 0.3) is 0 Å². The third-order valence-electron chi connectivity index (χ3n) is 4.37. The molecule has 0 saturated heterocycles. The van der Waals surface area contributed by atoms with E-state index in [0.29, 0.717) is 5.92 Å². The molecule has 0 saturated carbocycles. The first-order valence-electron chi connectivity index (χ1n) is 8.36. The predicted molar refractivity (Wildman–Crippen MR) is 87.9 cm³/mol. The van der Waals surface area contributed by atoms with Crippen molar-refractivity contribution in [2.45, 2.75) is 89.9 Å². The van der Waals surface area contributed by atoms with E-state index in [1.54, 1.807) is 0 Å². The third-order valence-corrected chi connectivity index (χ3v) is 8.14. The van der Waals surface area contributed by atoms with Crippen molar-refractivity contribution in [2.24, 2.45) is 11.8 Å². The standard InChI is InChI=1S/C9H19.C8H16O2.Sn/c1-5-6-7-9(4)8(2)3;1-3-5-6-7(4-2)8(9)10;/h9H,5-7H2,1-4H3;7H,3-6H2,1-2H3,(H,9,10);/q;;+1/p-1. The molecule has 118 valence electrons. The summed E-state index contributed by atoms with van der Waals surface area (Å²) in [7, 11) is 0. The van der Waals surface area contributed by atoms with Gasteiger partial charge in [0.2, 0.25) is 0 Å². The van der Waals surface area contributed by atoms with Crippen LogP contribution in [-0.2, 0) is 7.87 Å². The molecule has 0 N–H and O–H groups in total. The van der Waals surface area contributed by atoms with E-state index in [1.165, 1.54) is 19.3 Å².